The third-order valence-corrected chi connectivity index (χ3v) is 6.57. The molecule has 0 atom stereocenters. The first-order valence-electron chi connectivity index (χ1n) is 10.8. The lowest BCUT2D eigenvalue weighted by Gasteiger charge is -2.37. The molecular weight excluding hydrogens is 424 g/mol. The molecule has 1 aromatic heterocycles. The molecule has 4 aromatic carbocycles. The summed E-state index contributed by atoms with van der Waals surface area (Å²) in [5.74, 6) is 0. The Morgan fingerprint density at radius 1 is 0.636 bits per heavy atom. The molecule has 0 fully saturated rings. The van der Waals surface area contributed by atoms with Crippen molar-refractivity contribution in [3.63, 3.8) is 0 Å². The third kappa shape index (κ3) is 4.01. The highest BCUT2D eigenvalue weighted by Gasteiger charge is 2.38. The van der Waals surface area contributed by atoms with Crippen molar-refractivity contribution >= 4 is 16.9 Å². The standard InChI is InChI=1S/C29H22N2OS/c32-28(23-13-5-1-6-14-23)33-27-21-31(22-30-27)29(24-15-7-2-8-16-24,25-17-9-3-10-18-25)26-19-11-4-12-20-26/h1-22H. The topological polar surface area (TPSA) is 34.9 Å². The third-order valence-electron chi connectivity index (χ3n) is 5.73. The molecule has 5 aromatic rings. The Bertz CT molecular complexity index is 1240. The molecule has 4 heteroatoms. The fraction of sp³-hybridized carbons (Fsp3) is 0.0345. The minimum Gasteiger partial charge on any atom is -0.318 e. The fourth-order valence-electron chi connectivity index (χ4n) is 4.25. The average Bonchev–Trinajstić information content (AvgIpc) is 3.35. The molecule has 0 radical (unpaired) electrons. The van der Waals surface area contributed by atoms with Crippen LogP contribution >= 0.6 is 11.8 Å². The Morgan fingerprint density at radius 2 is 1.06 bits per heavy atom. The molecule has 0 aliphatic heterocycles. The maximum absolute atomic E-state index is 12.8. The molecule has 0 saturated carbocycles. The van der Waals surface area contributed by atoms with E-state index in [1.807, 2.05) is 61.1 Å². The summed E-state index contributed by atoms with van der Waals surface area (Å²) in [6.45, 7) is 0. The summed E-state index contributed by atoms with van der Waals surface area (Å²) in [6.07, 6.45) is 3.80. The number of rotatable bonds is 6. The summed E-state index contributed by atoms with van der Waals surface area (Å²) in [7, 11) is 0. The summed E-state index contributed by atoms with van der Waals surface area (Å²) in [6, 6.07) is 40.6. The molecule has 5 rings (SSSR count). The summed E-state index contributed by atoms with van der Waals surface area (Å²) in [4.78, 5) is 17.4. The molecule has 0 spiro atoms. The zero-order chi connectivity index (χ0) is 22.5. The number of carbonyl (C=O) groups excluding carboxylic acids is 1. The molecule has 0 unspecified atom stereocenters. The molecule has 33 heavy (non-hydrogen) atoms. The highest BCUT2D eigenvalue weighted by molar-refractivity contribution is 8.14. The van der Waals surface area contributed by atoms with E-state index in [9.17, 15) is 4.79 Å². The minimum atomic E-state index is -0.634. The second kappa shape index (κ2) is 9.31. The van der Waals surface area contributed by atoms with Crippen LogP contribution in [0.15, 0.2) is 139 Å². The van der Waals surface area contributed by atoms with Gasteiger partial charge in [0.1, 0.15) is 10.6 Å². The molecule has 0 aliphatic carbocycles. The van der Waals surface area contributed by atoms with Gasteiger partial charge in [-0.25, -0.2) is 4.98 Å². The van der Waals surface area contributed by atoms with Crippen LogP contribution in [0, 0.1) is 0 Å². The van der Waals surface area contributed by atoms with Crippen LogP contribution in [0.1, 0.15) is 27.0 Å². The average molecular weight is 447 g/mol. The fourth-order valence-corrected chi connectivity index (χ4v) is 4.96. The smallest absolute Gasteiger partial charge is 0.225 e. The predicted molar refractivity (Wildman–Crippen MR) is 133 cm³/mol. The predicted octanol–water partition coefficient (Wildman–Crippen LogP) is 6.66. The highest BCUT2D eigenvalue weighted by atomic mass is 32.2. The molecular formula is C29H22N2OS. The molecule has 0 aliphatic rings. The number of thioether (sulfide) groups is 1. The van der Waals surface area contributed by atoms with Gasteiger partial charge in [-0.1, -0.05) is 121 Å². The molecule has 0 saturated heterocycles. The number of benzene rings is 4. The van der Waals surface area contributed by atoms with Gasteiger partial charge < -0.3 is 4.57 Å². The van der Waals surface area contributed by atoms with E-state index in [0.717, 1.165) is 28.5 Å². The van der Waals surface area contributed by atoms with Gasteiger partial charge in [0.15, 0.2) is 0 Å². The number of hydrogen-bond donors (Lipinski definition) is 0. The SMILES string of the molecule is O=C(Sc1cn(C(c2ccccc2)(c2ccccc2)c2ccccc2)cn1)c1ccccc1. The lowest BCUT2D eigenvalue weighted by molar-refractivity contribution is 0.108. The van der Waals surface area contributed by atoms with E-state index >= 15 is 0 Å². The van der Waals surface area contributed by atoms with E-state index in [-0.39, 0.29) is 5.12 Å². The van der Waals surface area contributed by atoms with Gasteiger partial charge in [0, 0.05) is 11.8 Å². The number of carbonyl (C=O) groups is 1. The summed E-state index contributed by atoms with van der Waals surface area (Å²) in [5, 5.41) is 0.640. The van der Waals surface area contributed by atoms with Crippen molar-refractivity contribution in [3.8, 4) is 0 Å². The van der Waals surface area contributed by atoms with Gasteiger partial charge in [-0.05, 0) is 28.5 Å². The van der Waals surface area contributed by atoms with Gasteiger partial charge in [-0.15, -0.1) is 0 Å². The number of nitrogens with zero attached hydrogens (tertiary/aromatic N) is 2. The maximum atomic E-state index is 12.8. The van der Waals surface area contributed by atoms with Crippen LogP contribution < -0.4 is 0 Å². The molecule has 3 nitrogen and oxygen atoms in total. The first-order valence-corrected chi connectivity index (χ1v) is 11.6. The lowest BCUT2D eigenvalue weighted by atomic mass is 9.77. The van der Waals surface area contributed by atoms with Crippen LogP contribution in [0.25, 0.3) is 0 Å². The van der Waals surface area contributed by atoms with Gasteiger partial charge in [-0.3, -0.25) is 4.79 Å². The minimum absolute atomic E-state index is 0.0226. The van der Waals surface area contributed by atoms with Crippen molar-refractivity contribution in [2.45, 2.75) is 10.6 Å². The van der Waals surface area contributed by atoms with E-state index in [1.165, 1.54) is 0 Å². The van der Waals surface area contributed by atoms with Crippen molar-refractivity contribution in [1.82, 2.24) is 9.55 Å². The zero-order valence-electron chi connectivity index (χ0n) is 17.9. The normalized spacial score (nSPS) is 11.3. The maximum Gasteiger partial charge on any atom is 0.225 e. The molecule has 160 valence electrons. The van der Waals surface area contributed by atoms with Crippen molar-refractivity contribution in [2.75, 3.05) is 0 Å². The van der Waals surface area contributed by atoms with E-state index in [0.29, 0.717) is 10.6 Å². The monoisotopic (exact) mass is 446 g/mol. The van der Waals surface area contributed by atoms with E-state index in [1.54, 1.807) is 0 Å². The lowest BCUT2D eigenvalue weighted by Crippen LogP contribution is -2.36. The summed E-state index contributed by atoms with van der Waals surface area (Å²) < 4.78 is 2.12. The van der Waals surface area contributed by atoms with Gasteiger partial charge >= 0.3 is 0 Å². The Labute approximate surface area is 197 Å². The zero-order valence-corrected chi connectivity index (χ0v) is 18.7. The van der Waals surface area contributed by atoms with Crippen LogP contribution in [0.5, 0.6) is 0 Å². The molecule has 0 amide bonds. The number of aromatic nitrogens is 2. The van der Waals surface area contributed by atoms with Crippen LogP contribution in [0.4, 0.5) is 0 Å². The molecule has 0 N–H and O–H groups in total. The van der Waals surface area contributed by atoms with Crippen LogP contribution in [0.2, 0.25) is 0 Å². The van der Waals surface area contributed by atoms with Crippen LogP contribution in [-0.4, -0.2) is 14.7 Å². The Morgan fingerprint density at radius 3 is 1.52 bits per heavy atom. The Hall–Kier alpha value is -3.89. The molecule has 1 heterocycles. The van der Waals surface area contributed by atoms with Crippen LogP contribution in [-0.2, 0) is 5.54 Å². The largest absolute Gasteiger partial charge is 0.318 e. The summed E-state index contributed by atoms with van der Waals surface area (Å²) in [5.41, 5.74) is 3.38. The first-order chi connectivity index (χ1) is 16.3. The highest BCUT2D eigenvalue weighted by Crippen LogP contribution is 2.41. The number of imidazole rings is 1. The Kier molecular flexibility index (Phi) is 5.92. The Balaban J connectivity index is 1.67. The van der Waals surface area contributed by atoms with E-state index < -0.39 is 5.54 Å². The van der Waals surface area contributed by atoms with Gasteiger partial charge in [0.2, 0.25) is 5.12 Å². The van der Waals surface area contributed by atoms with E-state index in [2.05, 4.69) is 82.3 Å². The summed E-state index contributed by atoms with van der Waals surface area (Å²) >= 11 is 1.15. The van der Waals surface area contributed by atoms with Gasteiger partial charge in [-0.2, -0.15) is 0 Å². The first kappa shape index (κ1) is 21.0. The van der Waals surface area contributed by atoms with Crippen molar-refractivity contribution < 1.29 is 4.79 Å². The van der Waals surface area contributed by atoms with Crippen molar-refractivity contribution in [1.29, 1.82) is 0 Å². The quantitative estimate of drug-likeness (QED) is 0.216. The van der Waals surface area contributed by atoms with Crippen molar-refractivity contribution in [3.05, 3.63) is 156 Å². The van der Waals surface area contributed by atoms with Crippen molar-refractivity contribution in [2.24, 2.45) is 0 Å². The van der Waals surface area contributed by atoms with Crippen LogP contribution in [0.3, 0.4) is 0 Å². The molecule has 0 bridgehead atoms. The number of hydrogen-bond acceptors (Lipinski definition) is 3. The van der Waals surface area contributed by atoms with Gasteiger partial charge in [0.25, 0.3) is 0 Å². The second-order valence-corrected chi connectivity index (χ2v) is 8.68. The van der Waals surface area contributed by atoms with E-state index in [4.69, 9.17) is 0 Å². The second-order valence-electron chi connectivity index (χ2n) is 7.68. The van der Waals surface area contributed by atoms with Gasteiger partial charge in [0.05, 0.1) is 6.33 Å².